The molecule has 2 aromatic rings. The van der Waals surface area contributed by atoms with Crippen LogP contribution in [-0.4, -0.2) is 22.4 Å². The van der Waals surface area contributed by atoms with E-state index in [-0.39, 0.29) is 17.3 Å². The number of rotatable bonds is 2. The van der Waals surface area contributed by atoms with Crippen LogP contribution in [-0.2, 0) is 9.59 Å². The van der Waals surface area contributed by atoms with Crippen LogP contribution < -0.4 is 15.4 Å². The molecule has 0 bridgehead atoms. The lowest BCUT2D eigenvalue weighted by Gasteiger charge is -2.32. The van der Waals surface area contributed by atoms with E-state index in [4.69, 9.17) is 4.74 Å². The summed E-state index contributed by atoms with van der Waals surface area (Å²) in [6, 6.07) is 5.78. The highest BCUT2D eigenvalue weighted by atomic mass is 19.1. The lowest BCUT2D eigenvalue weighted by molar-refractivity contribution is -0.143. The molecule has 1 aromatic heterocycles. The second-order valence-electron chi connectivity index (χ2n) is 5.02. The van der Waals surface area contributed by atoms with Crippen LogP contribution in [0.4, 0.5) is 20.3 Å². The van der Waals surface area contributed by atoms with Gasteiger partial charge in [0.25, 0.3) is 17.4 Å². The molecule has 0 saturated carbocycles. The maximum absolute atomic E-state index is 13.6. The van der Waals surface area contributed by atoms with Gasteiger partial charge in [-0.05, 0) is 31.2 Å². The Hall–Kier alpha value is -3.03. The topological polar surface area (TPSA) is 80.3 Å². The Morgan fingerprint density at radius 2 is 2.13 bits per heavy atom. The molecule has 6 nitrogen and oxygen atoms in total. The summed E-state index contributed by atoms with van der Waals surface area (Å²) >= 11 is 0. The van der Waals surface area contributed by atoms with Crippen LogP contribution >= 0.6 is 0 Å². The number of fused-ring (bicyclic) bond motifs is 1. The summed E-state index contributed by atoms with van der Waals surface area (Å²) in [6.07, 6.45) is 1.46. The van der Waals surface area contributed by atoms with Crippen molar-refractivity contribution in [3.05, 3.63) is 48.2 Å². The predicted molar refractivity (Wildman–Crippen MR) is 76.9 cm³/mol. The fraction of sp³-hybridized carbons (Fsp3) is 0.133. The second kappa shape index (κ2) is 5.31. The molecule has 2 N–H and O–H groups in total. The number of carbonyl (C=O) groups excluding carboxylic acids is 2. The number of halogens is 2. The average molecular weight is 319 g/mol. The van der Waals surface area contributed by atoms with Gasteiger partial charge in [0, 0.05) is 12.3 Å². The number of carbonyl (C=O) groups is 2. The van der Waals surface area contributed by atoms with Gasteiger partial charge < -0.3 is 15.4 Å². The van der Waals surface area contributed by atoms with Crippen LogP contribution in [0, 0.1) is 11.6 Å². The van der Waals surface area contributed by atoms with Crippen molar-refractivity contribution >= 4 is 23.3 Å². The first-order chi connectivity index (χ1) is 10.9. The van der Waals surface area contributed by atoms with Crippen molar-refractivity contribution in [3.63, 3.8) is 0 Å². The molecule has 1 aliphatic rings. The molecule has 0 radical (unpaired) electrons. The van der Waals surface area contributed by atoms with Crippen molar-refractivity contribution in [2.75, 3.05) is 10.6 Å². The van der Waals surface area contributed by atoms with E-state index in [0.29, 0.717) is 6.07 Å². The summed E-state index contributed by atoms with van der Waals surface area (Å²) in [6.45, 7) is 1.25. The van der Waals surface area contributed by atoms with E-state index < -0.39 is 29.0 Å². The summed E-state index contributed by atoms with van der Waals surface area (Å²) in [5.74, 6) is -2.97. The highest BCUT2D eigenvalue weighted by molar-refractivity contribution is 6.18. The summed E-state index contributed by atoms with van der Waals surface area (Å²) in [5, 5.41) is 4.67. The molecule has 0 fully saturated rings. The zero-order chi connectivity index (χ0) is 16.6. The van der Waals surface area contributed by atoms with E-state index >= 15 is 0 Å². The van der Waals surface area contributed by atoms with Gasteiger partial charge in [-0.25, -0.2) is 13.8 Å². The number of amides is 2. The highest BCUT2D eigenvalue weighted by Crippen LogP contribution is 2.32. The molecule has 0 spiro atoms. The average Bonchev–Trinajstić information content (AvgIpc) is 2.51. The van der Waals surface area contributed by atoms with Gasteiger partial charge in [-0.15, -0.1) is 0 Å². The van der Waals surface area contributed by atoms with E-state index in [1.807, 2.05) is 0 Å². The summed E-state index contributed by atoms with van der Waals surface area (Å²) in [5.41, 5.74) is -2.18. The Labute approximate surface area is 129 Å². The van der Waals surface area contributed by atoms with Crippen molar-refractivity contribution in [3.8, 4) is 5.75 Å². The van der Waals surface area contributed by atoms with E-state index in [9.17, 15) is 18.4 Å². The van der Waals surface area contributed by atoms with Gasteiger partial charge in [0.2, 0.25) is 0 Å². The molecule has 8 heteroatoms. The molecular weight excluding hydrogens is 308 g/mol. The van der Waals surface area contributed by atoms with Gasteiger partial charge in [-0.3, -0.25) is 9.59 Å². The van der Waals surface area contributed by atoms with Crippen molar-refractivity contribution < 1.29 is 23.1 Å². The molecule has 1 atom stereocenters. The number of hydrogen-bond donors (Lipinski definition) is 2. The largest absolute Gasteiger partial charge is 0.464 e. The molecule has 1 aliphatic heterocycles. The Kier molecular flexibility index (Phi) is 3.44. The van der Waals surface area contributed by atoms with Crippen LogP contribution in [0.25, 0.3) is 0 Å². The van der Waals surface area contributed by atoms with Gasteiger partial charge in [-0.1, -0.05) is 0 Å². The minimum atomic E-state index is -1.92. The zero-order valence-corrected chi connectivity index (χ0v) is 11.9. The fourth-order valence-corrected chi connectivity index (χ4v) is 2.04. The number of ether oxygens (including phenoxy) is 1. The minimum Gasteiger partial charge on any atom is -0.464 e. The number of hydrogen-bond acceptors (Lipinski definition) is 4. The third-order valence-corrected chi connectivity index (χ3v) is 3.36. The maximum Gasteiger partial charge on any atom is 0.279 e. The number of pyridine rings is 1. The van der Waals surface area contributed by atoms with Crippen LogP contribution in [0.15, 0.2) is 36.5 Å². The molecule has 0 saturated heterocycles. The molecule has 0 unspecified atom stereocenters. The van der Waals surface area contributed by atoms with E-state index in [1.165, 1.54) is 19.2 Å². The first kappa shape index (κ1) is 14.9. The van der Waals surface area contributed by atoms with Gasteiger partial charge >= 0.3 is 0 Å². The quantitative estimate of drug-likeness (QED) is 0.831. The van der Waals surface area contributed by atoms with Crippen LogP contribution in [0.2, 0.25) is 0 Å². The molecule has 0 aliphatic carbocycles. The molecule has 23 heavy (non-hydrogen) atoms. The van der Waals surface area contributed by atoms with Gasteiger partial charge in [-0.2, -0.15) is 0 Å². The highest BCUT2D eigenvalue weighted by Gasteiger charge is 2.47. The Morgan fingerprint density at radius 3 is 2.87 bits per heavy atom. The molecule has 3 rings (SSSR count). The van der Waals surface area contributed by atoms with Gasteiger partial charge in [0.15, 0.2) is 11.6 Å². The van der Waals surface area contributed by atoms with E-state index in [2.05, 4.69) is 15.6 Å². The summed E-state index contributed by atoms with van der Waals surface area (Å²) in [7, 11) is 0. The summed E-state index contributed by atoms with van der Waals surface area (Å²) in [4.78, 5) is 28.4. The zero-order valence-electron chi connectivity index (χ0n) is 11.9. The Balaban J connectivity index is 1.88. The third-order valence-electron chi connectivity index (χ3n) is 3.36. The molecule has 118 valence electrons. The van der Waals surface area contributed by atoms with Crippen LogP contribution in [0.3, 0.4) is 0 Å². The molecule has 1 aromatic carbocycles. The Morgan fingerprint density at radius 1 is 1.35 bits per heavy atom. The molecule has 2 heterocycles. The van der Waals surface area contributed by atoms with Crippen LogP contribution in [0.1, 0.15) is 6.92 Å². The number of anilines is 2. The first-order valence-corrected chi connectivity index (χ1v) is 6.62. The maximum atomic E-state index is 13.6. The smallest absolute Gasteiger partial charge is 0.279 e. The van der Waals surface area contributed by atoms with Crippen molar-refractivity contribution in [1.29, 1.82) is 0 Å². The van der Waals surface area contributed by atoms with Gasteiger partial charge in [0.1, 0.15) is 11.6 Å². The third kappa shape index (κ3) is 2.59. The van der Waals surface area contributed by atoms with Crippen molar-refractivity contribution in [1.82, 2.24) is 4.98 Å². The lowest BCUT2D eigenvalue weighted by Crippen LogP contribution is -2.56. The fourth-order valence-electron chi connectivity index (χ4n) is 2.04. The molecule has 2 amide bonds. The number of benzene rings is 1. The monoisotopic (exact) mass is 319 g/mol. The first-order valence-electron chi connectivity index (χ1n) is 6.62. The van der Waals surface area contributed by atoms with E-state index in [1.54, 1.807) is 6.07 Å². The van der Waals surface area contributed by atoms with E-state index in [0.717, 1.165) is 12.1 Å². The second-order valence-corrected chi connectivity index (χ2v) is 5.02. The molecular formula is C15H11F2N3O3. The van der Waals surface area contributed by atoms with Crippen molar-refractivity contribution in [2.45, 2.75) is 12.5 Å². The predicted octanol–water partition coefficient (Wildman–Crippen LogP) is 2.09. The standard InChI is InChI=1S/C15H11F2N3O3/c1-15(13(21)19-10-5-4-8(16)7-9(10)17)14(22)20-12-11(23-15)3-2-6-18-12/h2-7H,1H3,(H,19,21)(H,18,20,22)/t15-/m1/s1. The SMILES string of the molecule is C[C@]1(C(=O)Nc2ccc(F)cc2F)Oc2cccnc2NC1=O. The normalized spacial score (nSPS) is 19.3. The minimum absolute atomic E-state index is 0.190. The Bertz CT molecular complexity index is 812. The lowest BCUT2D eigenvalue weighted by atomic mass is 10.0. The van der Waals surface area contributed by atoms with Crippen molar-refractivity contribution in [2.24, 2.45) is 0 Å². The number of nitrogens with zero attached hydrogens (tertiary/aromatic N) is 1. The van der Waals surface area contributed by atoms with Gasteiger partial charge in [0.05, 0.1) is 5.69 Å². The number of nitrogens with one attached hydrogen (secondary N) is 2. The van der Waals surface area contributed by atoms with Crippen LogP contribution in [0.5, 0.6) is 5.75 Å². The summed E-state index contributed by atoms with van der Waals surface area (Å²) < 4.78 is 32.0. The number of aromatic nitrogens is 1.